The van der Waals surface area contributed by atoms with Gasteiger partial charge in [0.05, 0.1) is 6.10 Å². The molecule has 13 heteroatoms. The molecule has 2 fully saturated rings. The highest BCUT2D eigenvalue weighted by Gasteiger charge is 2.85. The molecule has 2 aromatic rings. The van der Waals surface area contributed by atoms with Crippen molar-refractivity contribution in [1.29, 1.82) is 0 Å². The zero-order chi connectivity index (χ0) is 37.4. The van der Waals surface area contributed by atoms with Crippen LogP contribution in [0.15, 0.2) is 72.8 Å². The molecule has 0 aliphatic carbocycles. The van der Waals surface area contributed by atoms with Crippen molar-refractivity contribution in [3.8, 4) is 0 Å². The first-order chi connectivity index (χ1) is 24.2. The molecule has 0 amide bonds. The van der Waals surface area contributed by atoms with Gasteiger partial charge in [0, 0.05) is 12.8 Å². The van der Waals surface area contributed by atoms with Crippen LogP contribution in [-0.4, -0.2) is 95.9 Å². The van der Waals surface area contributed by atoms with E-state index in [1.54, 1.807) is 6.08 Å². The van der Waals surface area contributed by atoms with E-state index in [9.17, 15) is 49.8 Å². The van der Waals surface area contributed by atoms with E-state index in [1.807, 2.05) is 68.5 Å². The van der Waals surface area contributed by atoms with E-state index in [0.29, 0.717) is 6.42 Å². The number of benzene rings is 2. The standard InChI is InChI=1S/C38H48O13/c1-24(14-11-19-26-15-5-3-6-16-26)13-9-10-21-29(40)49-31-30(41)36(22-12-20-28(39)25(2)23-27-17-7-4-8-18-27)50-32(33(42)43)37(48,34(44)45)38(31,51-36)35(46)47/h3-9,13,15-18,24-25,28,30-32,39,41,48H,10-12,14,19-23H2,1-2H3,(H,42,43)(H,44,45)(H,46,47)/b13-9+/t24?,25?,28?,30-,31-,32-,36+,37-,38+/m1/s1. The summed E-state index contributed by atoms with van der Waals surface area (Å²) >= 11 is 0. The highest BCUT2D eigenvalue weighted by Crippen LogP contribution is 2.55. The molecule has 2 aliphatic rings. The van der Waals surface area contributed by atoms with Crippen molar-refractivity contribution in [2.45, 2.75) is 113 Å². The van der Waals surface area contributed by atoms with Gasteiger partial charge >= 0.3 is 23.9 Å². The minimum atomic E-state index is -3.84. The number of fused-ring (bicyclic) bond motifs is 2. The van der Waals surface area contributed by atoms with Gasteiger partial charge in [-0.2, -0.15) is 0 Å². The van der Waals surface area contributed by atoms with E-state index in [2.05, 4.69) is 12.1 Å². The summed E-state index contributed by atoms with van der Waals surface area (Å²) in [6.45, 7) is 3.85. The summed E-state index contributed by atoms with van der Waals surface area (Å²) in [6, 6.07) is 19.5. The van der Waals surface area contributed by atoms with Crippen LogP contribution < -0.4 is 0 Å². The maximum Gasteiger partial charge on any atom is 0.344 e. The molecule has 2 bridgehead atoms. The van der Waals surface area contributed by atoms with Gasteiger partial charge in [0.15, 0.2) is 6.10 Å². The number of hydrogen-bond donors (Lipinski definition) is 6. The lowest BCUT2D eigenvalue weighted by molar-refractivity contribution is -0.374. The molecule has 278 valence electrons. The lowest BCUT2D eigenvalue weighted by Crippen LogP contribution is -2.78. The third kappa shape index (κ3) is 8.50. The van der Waals surface area contributed by atoms with E-state index >= 15 is 0 Å². The molecule has 13 nitrogen and oxygen atoms in total. The Bertz CT molecular complexity index is 1530. The second-order valence-corrected chi connectivity index (χ2v) is 13.7. The maximum absolute atomic E-state index is 13.1. The van der Waals surface area contributed by atoms with Gasteiger partial charge in [0.2, 0.25) is 23.1 Å². The molecule has 51 heavy (non-hydrogen) atoms. The van der Waals surface area contributed by atoms with Gasteiger partial charge in [-0.3, -0.25) is 4.79 Å². The second-order valence-electron chi connectivity index (χ2n) is 13.7. The third-order valence-corrected chi connectivity index (χ3v) is 9.89. The largest absolute Gasteiger partial charge is 0.479 e. The lowest BCUT2D eigenvalue weighted by atomic mass is 9.74. The van der Waals surface area contributed by atoms with Crippen LogP contribution in [0.4, 0.5) is 0 Å². The quantitative estimate of drug-likeness (QED) is 0.0909. The number of carboxylic acid groups (broad SMARTS) is 3. The number of carbonyl (C=O) groups excluding carboxylic acids is 1. The normalized spacial score (nSPS) is 28.9. The van der Waals surface area contributed by atoms with Crippen LogP contribution in [0.5, 0.6) is 0 Å². The number of aliphatic carboxylic acids is 3. The fraction of sp³-hybridized carbons (Fsp3) is 0.526. The zero-order valence-corrected chi connectivity index (χ0v) is 28.8. The molecule has 6 N–H and O–H groups in total. The van der Waals surface area contributed by atoms with Gasteiger partial charge in [-0.1, -0.05) is 86.7 Å². The van der Waals surface area contributed by atoms with Gasteiger partial charge < -0.3 is 44.8 Å². The zero-order valence-electron chi connectivity index (χ0n) is 28.8. The molecule has 0 radical (unpaired) electrons. The van der Waals surface area contributed by atoms with Crippen molar-refractivity contribution in [3.05, 3.63) is 83.9 Å². The van der Waals surface area contributed by atoms with Gasteiger partial charge in [-0.25, -0.2) is 14.4 Å². The van der Waals surface area contributed by atoms with Crippen LogP contribution in [0.2, 0.25) is 0 Å². The van der Waals surface area contributed by atoms with Crippen LogP contribution in [0, 0.1) is 11.8 Å². The van der Waals surface area contributed by atoms with E-state index in [-0.39, 0.29) is 37.5 Å². The molecule has 4 rings (SSSR count). The second kappa shape index (κ2) is 16.9. The molecule has 2 saturated heterocycles. The Morgan fingerprint density at radius 3 is 2.12 bits per heavy atom. The van der Waals surface area contributed by atoms with Gasteiger partial charge in [0.25, 0.3) is 0 Å². The molecule has 3 unspecified atom stereocenters. The van der Waals surface area contributed by atoms with Crippen molar-refractivity contribution in [3.63, 3.8) is 0 Å². The van der Waals surface area contributed by atoms with E-state index < -0.39 is 71.7 Å². The molecular weight excluding hydrogens is 664 g/mol. The SMILES string of the molecule is CC(/C=C/CCC(=O)O[C@@H]1[C@@H](O)[C@@]2(CCCC(O)C(C)Cc3ccccc3)O[C@H](C(=O)O)[C@@](O)(C(=O)O)[C@]1(C(=O)O)O2)CCCc1ccccc1. The minimum Gasteiger partial charge on any atom is -0.479 e. The Morgan fingerprint density at radius 1 is 0.902 bits per heavy atom. The number of rotatable bonds is 19. The van der Waals surface area contributed by atoms with Crippen LogP contribution in [0.3, 0.4) is 0 Å². The number of aliphatic hydroxyl groups excluding tert-OH is 2. The lowest BCUT2D eigenvalue weighted by Gasteiger charge is -2.48. The number of carboxylic acids is 3. The average molecular weight is 713 g/mol. The Balaban J connectivity index is 1.47. The number of ether oxygens (including phenoxy) is 3. The number of hydrogen-bond acceptors (Lipinski definition) is 10. The molecule has 0 saturated carbocycles. The predicted octanol–water partition coefficient (Wildman–Crippen LogP) is 3.51. The number of carbonyl (C=O) groups is 4. The molecular formula is C38H48O13. The van der Waals surface area contributed by atoms with Crippen molar-refractivity contribution in [2.75, 3.05) is 0 Å². The van der Waals surface area contributed by atoms with Gasteiger partial charge in [-0.05, 0) is 67.9 Å². The van der Waals surface area contributed by atoms with Crippen LogP contribution >= 0.6 is 0 Å². The van der Waals surface area contributed by atoms with Crippen molar-refractivity contribution >= 4 is 23.9 Å². The molecule has 2 aliphatic heterocycles. The van der Waals surface area contributed by atoms with E-state index in [4.69, 9.17) is 14.2 Å². The third-order valence-electron chi connectivity index (χ3n) is 9.89. The number of allylic oxidation sites excluding steroid dienone is 2. The van der Waals surface area contributed by atoms with Gasteiger partial charge in [0.1, 0.15) is 6.10 Å². The average Bonchev–Trinajstić information content (AvgIpc) is 3.30. The minimum absolute atomic E-state index is 0.0140. The number of esters is 1. The highest BCUT2D eigenvalue weighted by atomic mass is 16.8. The summed E-state index contributed by atoms with van der Waals surface area (Å²) in [5.74, 6) is -10.2. The first-order valence-electron chi connectivity index (χ1n) is 17.3. The summed E-state index contributed by atoms with van der Waals surface area (Å²) < 4.78 is 16.5. The molecule has 2 aromatic carbocycles. The summed E-state index contributed by atoms with van der Waals surface area (Å²) in [7, 11) is 0. The smallest absolute Gasteiger partial charge is 0.344 e. The summed E-state index contributed by atoms with van der Waals surface area (Å²) in [5.41, 5.74) is -5.09. The maximum atomic E-state index is 13.1. The van der Waals surface area contributed by atoms with Crippen LogP contribution in [-0.2, 0) is 46.2 Å². The fourth-order valence-corrected chi connectivity index (χ4v) is 7.01. The molecule has 0 spiro atoms. The summed E-state index contributed by atoms with van der Waals surface area (Å²) in [6.07, 6.45) is -1.76. The predicted molar refractivity (Wildman–Crippen MR) is 181 cm³/mol. The summed E-state index contributed by atoms with van der Waals surface area (Å²) in [5, 5.41) is 64.1. The first kappa shape index (κ1) is 39.6. The van der Waals surface area contributed by atoms with Crippen molar-refractivity contribution in [1.82, 2.24) is 0 Å². The van der Waals surface area contributed by atoms with Crippen molar-refractivity contribution < 1.29 is 64.0 Å². The van der Waals surface area contributed by atoms with E-state index in [0.717, 1.165) is 24.8 Å². The molecule has 2 heterocycles. The first-order valence-corrected chi connectivity index (χ1v) is 17.3. The van der Waals surface area contributed by atoms with Crippen molar-refractivity contribution in [2.24, 2.45) is 11.8 Å². The van der Waals surface area contributed by atoms with Crippen LogP contribution in [0.1, 0.15) is 69.9 Å². The molecule has 0 aromatic heterocycles. The summed E-state index contributed by atoms with van der Waals surface area (Å²) in [4.78, 5) is 50.8. The monoisotopic (exact) mass is 712 g/mol. The highest BCUT2D eigenvalue weighted by molar-refractivity contribution is 5.98. The van der Waals surface area contributed by atoms with E-state index in [1.165, 1.54) is 5.56 Å². The Labute approximate surface area is 296 Å². The Hall–Kier alpha value is -4.14. The fourth-order valence-electron chi connectivity index (χ4n) is 7.01. The number of aryl methyl sites for hydroxylation is 1. The molecule has 9 atom stereocenters. The topological polar surface area (TPSA) is 217 Å². The van der Waals surface area contributed by atoms with Crippen LogP contribution in [0.25, 0.3) is 0 Å². The Morgan fingerprint density at radius 2 is 1.53 bits per heavy atom. The Kier molecular flexibility index (Phi) is 13.2. The number of aliphatic hydroxyl groups is 3. The van der Waals surface area contributed by atoms with Gasteiger partial charge in [-0.15, -0.1) is 0 Å².